The summed E-state index contributed by atoms with van der Waals surface area (Å²) >= 11 is 0. The van der Waals surface area contributed by atoms with Crippen LogP contribution in [-0.4, -0.2) is 43.2 Å². The van der Waals surface area contributed by atoms with E-state index in [2.05, 4.69) is 36.3 Å². The number of carbonyl (C=O) groups is 1. The van der Waals surface area contributed by atoms with E-state index in [1.54, 1.807) is 0 Å². The highest BCUT2D eigenvalue weighted by Gasteiger charge is 2.20. The number of hydrogen-bond acceptors (Lipinski definition) is 2. The lowest BCUT2D eigenvalue weighted by Crippen LogP contribution is -2.44. The molecule has 4 nitrogen and oxygen atoms in total. The number of amides is 2. The van der Waals surface area contributed by atoms with Gasteiger partial charge in [-0.2, -0.15) is 0 Å². The number of nitrogens with one attached hydrogen (secondary N) is 2. The van der Waals surface area contributed by atoms with Gasteiger partial charge in [-0.25, -0.2) is 4.79 Å². The van der Waals surface area contributed by atoms with E-state index in [1.165, 1.54) is 32.5 Å². The number of rotatable bonds is 6. The van der Waals surface area contributed by atoms with Crippen LogP contribution in [0.15, 0.2) is 0 Å². The maximum absolute atomic E-state index is 11.6. The SMILES string of the molecule is CCC(C)NC(=O)NCC1CCN(CC(C)C)CC1. The van der Waals surface area contributed by atoms with E-state index < -0.39 is 0 Å². The Bertz CT molecular complexity index is 260. The fourth-order valence-corrected chi connectivity index (χ4v) is 2.50. The Morgan fingerprint density at radius 2 is 1.89 bits per heavy atom. The van der Waals surface area contributed by atoms with E-state index >= 15 is 0 Å². The molecule has 2 N–H and O–H groups in total. The number of urea groups is 1. The van der Waals surface area contributed by atoms with Crippen molar-refractivity contribution < 1.29 is 4.79 Å². The van der Waals surface area contributed by atoms with Gasteiger partial charge in [0.1, 0.15) is 0 Å². The first kappa shape index (κ1) is 16.3. The van der Waals surface area contributed by atoms with Crippen molar-refractivity contribution >= 4 is 6.03 Å². The van der Waals surface area contributed by atoms with Crippen LogP contribution in [0.25, 0.3) is 0 Å². The van der Waals surface area contributed by atoms with Gasteiger partial charge in [0.15, 0.2) is 0 Å². The number of carbonyl (C=O) groups excluding carboxylic acids is 1. The van der Waals surface area contributed by atoms with Gasteiger partial charge in [0.2, 0.25) is 0 Å². The molecule has 1 aliphatic heterocycles. The molecule has 0 aromatic rings. The molecular weight excluding hydrogens is 238 g/mol. The Morgan fingerprint density at radius 1 is 1.26 bits per heavy atom. The normalized spacial score (nSPS) is 19.4. The van der Waals surface area contributed by atoms with E-state index in [4.69, 9.17) is 0 Å². The molecule has 0 aromatic carbocycles. The van der Waals surface area contributed by atoms with Crippen LogP contribution in [0.5, 0.6) is 0 Å². The van der Waals surface area contributed by atoms with Crippen molar-refractivity contribution in [2.75, 3.05) is 26.2 Å². The molecule has 1 fully saturated rings. The highest BCUT2D eigenvalue weighted by Crippen LogP contribution is 2.17. The van der Waals surface area contributed by atoms with Gasteiger partial charge in [-0.1, -0.05) is 20.8 Å². The zero-order valence-corrected chi connectivity index (χ0v) is 13.0. The molecule has 1 atom stereocenters. The van der Waals surface area contributed by atoms with Crippen LogP contribution >= 0.6 is 0 Å². The van der Waals surface area contributed by atoms with E-state index in [1.807, 2.05) is 6.92 Å². The van der Waals surface area contributed by atoms with Gasteiger partial charge < -0.3 is 15.5 Å². The predicted octanol–water partition coefficient (Wildman–Crippen LogP) is 2.45. The molecule has 1 unspecified atom stereocenters. The summed E-state index contributed by atoms with van der Waals surface area (Å²) in [7, 11) is 0. The third kappa shape index (κ3) is 6.81. The third-order valence-corrected chi connectivity index (χ3v) is 3.87. The lowest BCUT2D eigenvalue weighted by atomic mass is 9.96. The van der Waals surface area contributed by atoms with Gasteiger partial charge in [0.25, 0.3) is 0 Å². The van der Waals surface area contributed by atoms with Crippen molar-refractivity contribution in [3.05, 3.63) is 0 Å². The quantitative estimate of drug-likeness (QED) is 0.778. The second kappa shape index (κ2) is 8.41. The van der Waals surface area contributed by atoms with E-state index in [-0.39, 0.29) is 12.1 Å². The Balaban J connectivity index is 2.14. The third-order valence-electron chi connectivity index (χ3n) is 3.87. The first-order valence-corrected chi connectivity index (χ1v) is 7.78. The zero-order chi connectivity index (χ0) is 14.3. The molecule has 1 heterocycles. The average Bonchev–Trinajstić information content (AvgIpc) is 2.37. The van der Waals surface area contributed by atoms with Gasteiger partial charge >= 0.3 is 6.03 Å². The van der Waals surface area contributed by atoms with Gasteiger partial charge in [-0.15, -0.1) is 0 Å². The molecule has 4 heteroatoms. The first-order valence-electron chi connectivity index (χ1n) is 7.78. The van der Waals surface area contributed by atoms with E-state index in [0.29, 0.717) is 5.92 Å². The molecule has 0 saturated carbocycles. The standard InChI is InChI=1S/C15H31N3O/c1-5-13(4)17-15(19)16-10-14-6-8-18(9-7-14)11-12(2)3/h12-14H,5-11H2,1-4H3,(H2,16,17,19). The number of piperidine rings is 1. The molecule has 19 heavy (non-hydrogen) atoms. The predicted molar refractivity (Wildman–Crippen MR) is 80.3 cm³/mol. The monoisotopic (exact) mass is 269 g/mol. The average molecular weight is 269 g/mol. The van der Waals surface area contributed by atoms with Crippen LogP contribution in [0, 0.1) is 11.8 Å². The minimum Gasteiger partial charge on any atom is -0.338 e. The van der Waals surface area contributed by atoms with E-state index in [9.17, 15) is 4.79 Å². The molecule has 2 amide bonds. The highest BCUT2D eigenvalue weighted by molar-refractivity contribution is 5.74. The molecule has 1 aliphatic rings. The Hall–Kier alpha value is -0.770. The molecule has 1 saturated heterocycles. The first-order chi connectivity index (χ1) is 9.01. The molecule has 0 bridgehead atoms. The largest absolute Gasteiger partial charge is 0.338 e. The van der Waals surface area contributed by atoms with Crippen LogP contribution in [0.2, 0.25) is 0 Å². The number of nitrogens with zero attached hydrogens (tertiary/aromatic N) is 1. The molecule has 0 radical (unpaired) electrons. The Morgan fingerprint density at radius 3 is 2.42 bits per heavy atom. The van der Waals surface area contributed by atoms with Gasteiger partial charge in [0.05, 0.1) is 0 Å². The summed E-state index contributed by atoms with van der Waals surface area (Å²) in [5.41, 5.74) is 0. The summed E-state index contributed by atoms with van der Waals surface area (Å²) in [5, 5.41) is 5.95. The van der Waals surface area contributed by atoms with E-state index in [0.717, 1.165) is 18.9 Å². The van der Waals surface area contributed by atoms with Crippen molar-refractivity contribution in [1.29, 1.82) is 0 Å². The lowest BCUT2D eigenvalue weighted by Gasteiger charge is -2.33. The molecule has 0 spiro atoms. The minimum absolute atomic E-state index is 0.0149. The summed E-state index contributed by atoms with van der Waals surface area (Å²) in [4.78, 5) is 14.2. The van der Waals surface area contributed by atoms with Crippen molar-refractivity contribution in [2.45, 2.75) is 53.0 Å². The van der Waals surface area contributed by atoms with Crippen molar-refractivity contribution in [2.24, 2.45) is 11.8 Å². The highest BCUT2D eigenvalue weighted by atomic mass is 16.2. The van der Waals surface area contributed by atoms with Crippen LogP contribution in [0.4, 0.5) is 4.79 Å². The van der Waals surface area contributed by atoms with Crippen LogP contribution < -0.4 is 10.6 Å². The topological polar surface area (TPSA) is 44.4 Å². The summed E-state index contributed by atoms with van der Waals surface area (Å²) in [5.74, 6) is 1.39. The van der Waals surface area contributed by atoms with Crippen LogP contribution in [-0.2, 0) is 0 Å². The number of hydrogen-bond donors (Lipinski definition) is 2. The summed E-state index contributed by atoms with van der Waals surface area (Å²) in [6.45, 7) is 13.0. The number of likely N-dealkylation sites (tertiary alicyclic amines) is 1. The molecule has 0 aliphatic carbocycles. The Labute approximate surface area is 118 Å². The van der Waals surface area contributed by atoms with Gasteiger partial charge in [-0.3, -0.25) is 0 Å². The van der Waals surface area contributed by atoms with Crippen LogP contribution in [0.1, 0.15) is 47.0 Å². The van der Waals surface area contributed by atoms with Crippen molar-refractivity contribution in [3.63, 3.8) is 0 Å². The van der Waals surface area contributed by atoms with Crippen molar-refractivity contribution in [1.82, 2.24) is 15.5 Å². The van der Waals surface area contributed by atoms with Gasteiger partial charge in [0, 0.05) is 19.1 Å². The lowest BCUT2D eigenvalue weighted by molar-refractivity contribution is 0.166. The minimum atomic E-state index is -0.0149. The fourth-order valence-electron chi connectivity index (χ4n) is 2.50. The molecule has 1 rings (SSSR count). The van der Waals surface area contributed by atoms with Gasteiger partial charge in [-0.05, 0) is 51.1 Å². The smallest absolute Gasteiger partial charge is 0.315 e. The van der Waals surface area contributed by atoms with Crippen molar-refractivity contribution in [3.8, 4) is 0 Å². The Kier molecular flexibility index (Phi) is 7.21. The second-order valence-corrected chi connectivity index (χ2v) is 6.30. The summed E-state index contributed by atoms with van der Waals surface area (Å²) in [6, 6.07) is 0.242. The molecular formula is C15H31N3O. The molecule has 0 aromatic heterocycles. The maximum Gasteiger partial charge on any atom is 0.315 e. The maximum atomic E-state index is 11.6. The van der Waals surface area contributed by atoms with Crippen LogP contribution in [0.3, 0.4) is 0 Å². The fraction of sp³-hybridized carbons (Fsp3) is 0.933. The summed E-state index contributed by atoms with van der Waals surface area (Å²) in [6.07, 6.45) is 3.38. The second-order valence-electron chi connectivity index (χ2n) is 6.30. The summed E-state index contributed by atoms with van der Waals surface area (Å²) < 4.78 is 0. The molecule has 112 valence electrons. The zero-order valence-electron chi connectivity index (χ0n) is 13.0.